The zero-order chi connectivity index (χ0) is 18.6. The molecule has 140 valence electrons. The Kier molecular flexibility index (Phi) is 8.33. The molecule has 0 atom stereocenters. The molecule has 2 aromatic rings. The number of carbonyl (C=O) groups is 1. The first-order valence-electron chi connectivity index (χ1n) is 8.97. The summed E-state index contributed by atoms with van der Waals surface area (Å²) in [5.41, 5.74) is 1.17. The molecule has 0 aliphatic rings. The van der Waals surface area contributed by atoms with Crippen molar-refractivity contribution in [1.29, 1.82) is 0 Å². The maximum Gasteiger partial charge on any atom is 0.257 e. The molecular formula is C21H27NO4. The Morgan fingerprint density at radius 1 is 0.962 bits per heavy atom. The monoisotopic (exact) mass is 357 g/mol. The van der Waals surface area contributed by atoms with E-state index in [4.69, 9.17) is 14.2 Å². The van der Waals surface area contributed by atoms with E-state index in [1.807, 2.05) is 30.3 Å². The van der Waals surface area contributed by atoms with E-state index in [0.717, 1.165) is 25.0 Å². The Morgan fingerprint density at radius 3 is 2.38 bits per heavy atom. The third-order valence-corrected chi connectivity index (χ3v) is 3.81. The molecule has 2 aromatic carbocycles. The van der Waals surface area contributed by atoms with Gasteiger partial charge in [-0.15, -0.1) is 0 Å². The fraction of sp³-hybridized carbons (Fsp3) is 0.381. The average Bonchev–Trinajstić information content (AvgIpc) is 2.69. The molecule has 0 aliphatic carbocycles. The minimum atomic E-state index is -0.147. The van der Waals surface area contributed by atoms with E-state index in [2.05, 4.69) is 18.3 Å². The van der Waals surface area contributed by atoms with Gasteiger partial charge in [0.25, 0.3) is 5.91 Å². The van der Waals surface area contributed by atoms with E-state index in [-0.39, 0.29) is 12.5 Å². The largest absolute Gasteiger partial charge is 0.493 e. The van der Waals surface area contributed by atoms with E-state index in [1.54, 1.807) is 19.2 Å². The normalized spacial score (nSPS) is 10.2. The van der Waals surface area contributed by atoms with Crippen molar-refractivity contribution in [2.75, 3.05) is 26.9 Å². The van der Waals surface area contributed by atoms with Crippen LogP contribution in [0.5, 0.6) is 17.2 Å². The van der Waals surface area contributed by atoms with E-state index in [1.165, 1.54) is 5.56 Å². The van der Waals surface area contributed by atoms with Crippen LogP contribution in [-0.2, 0) is 11.2 Å². The first kappa shape index (κ1) is 19.6. The Bertz CT molecular complexity index is 687. The van der Waals surface area contributed by atoms with Gasteiger partial charge in [0.05, 0.1) is 13.7 Å². The summed E-state index contributed by atoms with van der Waals surface area (Å²) in [6.45, 7) is 3.37. The molecule has 0 fully saturated rings. The molecule has 0 saturated heterocycles. The van der Waals surface area contributed by atoms with Gasteiger partial charge in [-0.05, 0) is 43.0 Å². The number of nitrogens with one attached hydrogen (secondary N) is 1. The average molecular weight is 357 g/mol. The zero-order valence-electron chi connectivity index (χ0n) is 15.5. The number of carbonyl (C=O) groups excluding carboxylic acids is 1. The molecule has 0 aliphatic heterocycles. The summed E-state index contributed by atoms with van der Waals surface area (Å²) in [5.74, 6) is 1.96. The van der Waals surface area contributed by atoms with Gasteiger partial charge in [-0.3, -0.25) is 4.79 Å². The summed E-state index contributed by atoms with van der Waals surface area (Å²) in [6.07, 6.45) is 2.68. The van der Waals surface area contributed by atoms with Gasteiger partial charge < -0.3 is 19.5 Å². The van der Waals surface area contributed by atoms with Crippen LogP contribution in [0.3, 0.4) is 0 Å². The highest BCUT2D eigenvalue weighted by Gasteiger charge is 2.07. The highest BCUT2D eigenvalue weighted by Crippen LogP contribution is 2.25. The number of rotatable bonds is 11. The summed E-state index contributed by atoms with van der Waals surface area (Å²) in [5, 5.41) is 2.88. The smallest absolute Gasteiger partial charge is 0.257 e. The molecule has 1 amide bonds. The number of ether oxygens (including phenoxy) is 3. The Morgan fingerprint density at radius 2 is 1.65 bits per heavy atom. The predicted molar refractivity (Wildman–Crippen MR) is 102 cm³/mol. The quantitative estimate of drug-likeness (QED) is 0.624. The standard InChI is InChI=1S/C21H27NO4/c1-3-15-25-18-11-5-4-9-17(18)10-8-14-22-21(23)16-26-20-13-7-6-12-19(20)24-2/h4-7,9,11-13H,3,8,10,14-16H2,1-2H3,(H,22,23). The number of para-hydroxylation sites is 3. The summed E-state index contributed by atoms with van der Waals surface area (Å²) >= 11 is 0. The minimum Gasteiger partial charge on any atom is -0.493 e. The molecular weight excluding hydrogens is 330 g/mol. The van der Waals surface area contributed by atoms with Crippen molar-refractivity contribution in [2.45, 2.75) is 26.2 Å². The lowest BCUT2D eigenvalue weighted by Crippen LogP contribution is -2.30. The van der Waals surface area contributed by atoms with Gasteiger partial charge in [-0.2, -0.15) is 0 Å². The molecule has 2 rings (SSSR count). The Balaban J connectivity index is 1.70. The summed E-state index contributed by atoms with van der Waals surface area (Å²) in [7, 11) is 1.57. The fourth-order valence-corrected chi connectivity index (χ4v) is 2.50. The molecule has 26 heavy (non-hydrogen) atoms. The highest BCUT2D eigenvalue weighted by molar-refractivity contribution is 5.77. The van der Waals surface area contributed by atoms with Crippen molar-refractivity contribution in [3.8, 4) is 17.2 Å². The van der Waals surface area contributed by atoms with Crippen LogP contribution in [0.1, 0.15) is 25.3 Å². The second-order valence-corrected chi connectivity index (χ2v) is 5.85. The van der Waals surface area contributed by atoms with Gasteiger partial charge >= 0.3 is 0 Å². The van der Waals surface area contributed by atoms with Crippen molar-refractivity contribution in [3.63, 3.8) is 0 Å². The van der Waals surface area contributed by atoms with Crippen LogP contribution in [0, 0.1) is 0 Å². The summed E-state index contributed by atoms with van der Waals surface area (Å²) in [6, 6.07) is 15.3. The van der Waals surface area contributed by atoms with E-state index < -0.39 is 0 Å². The number of amides is 1. The van der Waals surface area contributed by atoms with Gasteiger partial charge in [0, 0.05) is 6.54 Å². The van der Waals surface area contributed by atoms with E-state index in [9.17, 15) is 4.79 Å². The molecule has 0 heterocycles. The third kappa shape index (κ3) is 6.31. The number of hydrogen-bond donors (Lipinski definition) is 1. The van der Waals surface area contributed by atoms with Crippen LogP contribution in [0.25, 0.3) is 0 Å². The summed E-state index contributed by atoms with van der Waals surface area (Å²) in [4.78, 5) is 11.9. The highest BCUT2D eigenvalue weighted by atomic mass is 16.5. The minimum absolute atomic E-state index is 0.0312. The van der Waals surface area contributed by atoms with Crippen LogP contribution < -0.4 is 19.5 Å². The lowest BCUT2D eigenvalue weighted by molar-refractivity contribution is -0.123. The topological polar surface area (TPSA) is 56.8 Å². The van der Waals surface area contributed by atoms with Crippen molar-refractivity contribution in [3.05, 3.63) is 54.1 Å². The van der Waals surface area contributed by atoms with Gasteiger partial charge in [-0.25, -0.2) is 0 Å². The van der Waals surface area contributed by atoms with Crippen molar-refractivity contribution < 1.29 is 19.0 Å². The molecule has 5 heteroatoms. The van der Waals surface area contributed by atoms with Crippen LogP contribution in [0.2, 0.25) is 0 Å². The van der Waals surface area contributed by atoms with Crippen LogP contribution >= 0.6 is 0 Å². The lowest BCUT2D eigenvalue weighted by Gasteiger charge is -2.12. The van der Waals surface area contributed by atoms with Crippen molar-refractivity contribution in [2.24, 2.45) is 0 Å². The maximum absolute atomic E-state index is 11.9. The Hall–Kier alpha value is -2.69. The third-order valence-electron chi connectivity index (χ3n) is 3.81. The van der Waals surface area contributed by atoms with E-state index in [0.29, 0.717) is 24.7 Å². The molecule has 0 bridgehead atoms. The van der Waals surface area contributed by atoms with Crippen LogP contribution in [0.4, 0.5) is 0 Å². The molecule has 0 saturated carbocycles. The molecule has 0 aromatic heterocycles. The molecule has 0 spiro atoms. The molecule has 5 nitrogen and oxygen atoms in total. The maximum atomic E-state index is 11.9. The van der Waals surface area contributed by atoms with Gasteiger partial charge in [-0.1, -0.05) is 37.3 Å². The fourth-order valence-electron chi connectivity index (χ4n) is 2.50. The molecule has 0 radical (unpaired) electrons. The molecule has 0 unspecified atom stereocenters. The first-order valence-corrected chi connectivity index (χ1v) is 8.97. The second-order valence-electron chi connectivity index (χ2n) is 5.85. The van der Waals surface area contributed by atoms with Crippen molar-refractivity contribution in [1.82, 2.24) is 5.32 Å². The number of hydrogen-bond acceptors (Lipinski definition) is 4. The summed E-state index contributed by atoms with van der Waals surface area (Å²) < 4.78 is 16.5. The first-order chi connectivity index (χ1) is 12.7. The lowest BCUT2D eigenvalue weighted by atomic mass is 10.1. The van der Waals surface area contributed by atoms with Crippen LogP contribution in [0.15, 0.2) is 48.5 Å². The predicted octanol–water partition coefficient (Wildman–Crippen LogP) is 3.61. The van der Waals surface area contributed by atoms with Crippen molar-refractivity contribution >= 4 is 5.91 Å². The molecule has 1 N–H and O–H groups in total. The number of aryl methyl sites for hydroxylation is 1. The van der Waals surface area contributed by atoms with E-state index >= 15 is 0 Å². The number of benzene rings is 2. The zero-order valence-corrected chi connectivity index (χ0v) is 15.5. The Labute approximate surface area is 155 Å². The van der Waals surface area contributed by atoms with Gasteiger partial charge in [0.1, 0.15) is 5.75 Å². The van der Waals surface area contributed by atoms with Gasteiger partial charge in [0.15, 0.2) is 18.1 Å². The second kappa shape index (κ2) is 11.0. The SMILES string of the molecule is CCCOc1ccccc1CCCNC(=O)COc1ccccc1OC. The van der Waals surface area contributed by atoms with Gasteiger partial charge in [0.2, 0.25) is 0 Å². The number of methoxy groups -OCH3 is 1. The van der Waals surface area contributed by atoms with Crippen LogP contribution in [-0.4, -0.2) is 32.8 Å².